The number of carbonyl (C=O) groups is 1. The van der Waals surface area contributed by atoms with E-state index in [2.05, 4.69) is 5.32 Å². The summed E-state index contributed by atoms with van der Waals surface area (Å²) in [6, 6.07) is 6.57. The van der Waals surface area contributed by atoms with Crippen LogP contribution in [0, 0.1) is 0 Å². The van der Waals surface area contributed by atoms with Crippen LogP contribution in [0.3, 0.4) is 0 Å². The lowest BCUT2D eigenvalue weighted by molar-refractivity contribution is 0.0696. The van der Waals surface area contributed by atoms with Crippen LogP contribution in [-0.4, -0.2) is 40.0 Å². The molecular weight excluding hydrogens is 234 g/mol. The Morgan fingerprint density at radius 2 is 2.00 bits per heavy atom. The van der Waals surface area contributed by atoms with Gasteiger partial charge in [0.1, 0.15) is 0 Å². The molecule has 4 N–H and O–H groups in total. The molecule has 0 unspecified atom stereocenters. The predicted octanol–water partition coefficient (Wildman–Crippen LogP) is 0.608. The van der Waals surface area contributed by atoms with Gasteiger partial charge in [0.05, 0.1) is 24.3 Å². The molecule has 0 heterocycles. The van der Waals surface area contributed by atoms with Crippen molar-refractivity contribution in [2.45, 2.75) is 25.4 Å². The summed E-state index contributed by atoms with van der Waals surface area (Å²) in [5.41, 5.74) is 0.304. The Morgan fingerprint density at radius 3 is 2.50 bits per heavy atom. The zero-order valence-electron chi connectivity index (χ0n) is 10.4. The minimum atomic E-state index is -0.970. The maximum absolute atomic E-state index is 10.8. The number of carboxylic acid groups (broad SMARTS) is 1. The molecule has 5 nitrogen and oxygen atoms in total. The van der Waals surface area contributed by atoms with Gasteiger partial charge in [-0.3, -0.25) is 0 Å². The van der Waals surface area contributed by atoms with Gasteiger partial charge in [0, 0.05) is 6.54 Å². The number of nitrogens with one attached hydrogen (secondary N) is 1. The second-order valence-corrected chi connectivity index (χ2v) is 4.31. The molecule has 0 aliphatic heterocycles. The van der Waals surface area contributed by atoms with Crippen LogP contribution in [0.4, 0.5) is 0 Å². The van der Waals surface area contributed by atoms with Gasteiger partial charge in [-0.1, -0.05) is 19.1 Å². The van der Waals surface area contributed by atoms with Crippen LogP contribution in [-0.2, 0) is 6.54 Å². The third-order valence-electron chi connectivity index (χ3n) is 3.12. The number of hydrogen-bond donors (Lipinski definition) is 4. The predicted molar refractivity (Wildman–Crippen MR) is 67.4 cm³/mol. The maximum atomic E-state index is 10.8. The Bertz CT molecular complexity index is 393. The van der Waals surface area contributed by atoms with Crippen molar-refractivity contribution in [2.24, 2.45) is 0 Å². The van der Waals surface area contributed by atoms with E-state index in [0.717, 1.165) is 5.56 Å². The quantitative estimate of drug-likeness (QED) is 0.571. The lowest BCUT2D eigenvalue weighted by Gasteiger charge is -2.30. The van der Waals surface area contributed by atoms with Gasteiger partial charge in [0.2, 0.25) is 0 Å². The van der Waals surface area contributed by atoms with Crippen LogP contribution in [0.1, 0.15) is 29.3 Å². The van der Waals surface area contributed by atoms with Crippen molar-refractivity contribution in [3.63, 3.8) is 0 Å². The number of rotatable bonds is 7. The van der Waals surface area contributed by atoms with Crippen molar-refractivity contribution in [3.8, 4) is 0 Å². The van der Waals surface area contributed by atoms with E-state index >= 15 is 0 Å². The highest BCUT2D eigenvalue weighted by molar-refractivity contribution is 5.87. The Kier molecular flexibility index (Phi) is 5.27. The van der Waals surface area contributed by atoms with Crippen molar-refractivity contribution in [3.05, 3.63) is 35.4 Å². The molecule has 0 fully saturated rings. The summed E-state index contributed by atoms with van der Waals surface area (Å²) < 4.78 is 0. The summed E-state index contributed by atoms with van der Waals surface area (Å²) in [6.45, 7) is 1.93. The van der Waals surface area contributed by atoms with Crippen LogP contribution >= 0.6 is 0 Å². The number of aliphatic hydroxyl groups is 2. The van der Waals surface area contributed by atoms with E-state index in [-0.39, 0.29) is 18.8 Å². The van der Waals surface area contributed by atoms with Crippen molar-refractivity contribution in [1.82, 2.24) is 5.32 Å². The van der Waals surface area contributed by atoms with Gasteiger partial charge in [-0.15, -0.1) is 0 Å². The molecule has 0 saturated heterocycles. The minimum Gasteiger partial charge on any atom is -0.478 e. The van der Waals surface area contributed by atoms with Gasteiger partial charge in [-0.25, -0.2) is 4.79 Å². The van der Waals surface area contributed by atoms with Gasteiger partial charge >= 0.3 is 5.97 Å². The van der Waals surface area contributed by atoms with Crippen LogP contribution in [0.25, 0.3) is 0 Å². The number of aromatic carboxylic acids is 1. The van der Waals surface area contributed by atoms with Gasteiger partial charge in [-0.05, 0) is 24.1 Å². The van der Waals surface area contributed by atoms with E-state index in [1.54, 1.807) is 18.2 Å². The fourth-order valence-electron chi connectivity index (χ4n) is 1.61. The SMILES string of the molecule is CCC(CO)(CO)NCc1cccc(C(=O)O)c1. The largest absolute Gasteiger partial charge is 0.478 e. The van der Waals surface area contributed by atoms with E-state index in [1.165, 1.54) is 6.07 Å². The van der Waals surface area contributed by atoms with Crippen molar-refractivity contribution in [1.29, 1.82) is 0 Å². The van der Waals surface area contributed by atoms with Crippen LogP contribution in [0.2, 0.25) is 0 Å². The summed E-state index contributed by atoms with van der Waals surface area (Å²) in [6.07, 6.45) is 0.582. The molecule has 0 atom stereocenters. The Labute approximate surface area is 106 Å². The van der Waals surface area contributed by atoms with Crippen molar-refractivity contribution in [2.75, 3.05) is 13.2 Å². The third kappa shape index (κ3) is 3.53. The van der Waals surface area contributed by atoms with E-state index in [0.29, 0.717) is 13.0 Å². The normalized spacial score (nSPS) is 11.5. The van der Waals surface area contributed by atoms with Crippen molar-refractivity contribution < 1.29 is 20.1 Å². The van der Waals surface area contributed by atoms with E-state index in [4.69, 9.17) is 5.11 Å². The molecule has 0 radical (unpaired) electrons. The Balaban J connectivity index is 2.73. The first-order valence-corrected chi connectivity index (χ1v) is 5.86. The fourth-order valence-corrected chi connectivity index (χ4v) is 1.61. The molecule has 5 heteroatoms. The molecule has 1 aromatic rings. The zero-order valence-corrected chi connectivity index (χ0v) is 10.4. The van der Waals surface area contributed by atoms with Gasteiger partial charge < -0.3 is 20.6 Å². The summed E-state index contributed by atoms with van der Waals surface area (Å²) >= 11 is 0. The van der Waals surface area contributed by atoms with E-state index in [1.807, 2.05) is 6.92 Å². The molecule has 0 aliphatic carbocycles. The standard InChI is InChI=1S/C13H19NO4/c1-2-13(8-15,9-16)14-7-10-4-3-5-11(6-10)12(17)18/h3-6,14-16H,2,7-9H2,1H3,(H,17,18). The first kappa shape index (κ1) is 14.6. The molecule has 0 saturated carbocycles. The molecule has 0 spiro atoms. The first-order chi connectivity index (χ1) is 8.56. The summed E-state index contributed by atoms with van der Waals surface area (Å²) in [4.78, 5) is 10.8. The molecule has 0 amide bonds. The summed E-state index contributed by atoms with van der Waals surface area (Å²) in [5.74, 6) is -0.970. The Hall–Kier alpha value is -1.43. The number of benzene rings is 1. The average Bonchev–Trinajstić information content (AvgIpc) is 2.41. The highest BCUT2D eigenvalue weighted by Crippen LogP contribution is 2.11. The van der Waals surface area contributed by atoms with Gasteiger partial charge in [-0.2, -0.15) is 0 Å². The molecule has 1 aromatic carbocycles. The lowest BCUT2D eigenvalue weighted by atomic mass is 9.98. The van der Waals surface area contributed by atoms with E-state index in [9.17, 15) is 15.0 Å². The molecule has 0 aromatic heterocycles. The first-order valence-electron chi connectivity index (χ1n) is 5.86. The number of carboxylic acids is 1. The molecule has 100 valence electrons. The fraction of sp³-hybridized carbons (Fsp3) is 0.462. The molecule has 1 rings (SSSR count). The van der Waals surface area contributed by atoms with E-state index < -0.39 is 11.5 Å². The Morgan fingerprint density at radius 1 is 1.33 bits per heavy atom. The number of aliphatic hydroxyl groups excluding tert-OH is 2. The summed E-state index contributed by atoms with van der Waals surface area (Å²) in [7, 11) is 0. The third-order valence-corrected chi connectivity index (χ3v) is 3.12. The number of hydrogen-bond acceptors (Lipinski definition) is 4. The molecule has 0 bridgehead atoms. The highest BCUT2D eigenvalue weighted by Gasteiger charge is 2.25. The summed E-state index contributed by atoms with van der Waals surface area (Å²) in [5, 5.41) is 30.5. The van der Waals surface area contributed by atoms with Gasteiger partial charge in [0.15, 0.2) is 0 Å². The zero-order chi connectivity index (χ0) is 13.6. The molecule has 18 heavy (non-hydrogen) atoms. The lowest BCUT2D eigenvalue weighted by Crippen LogP contribution is -2.50. The monoisotopic (exact) mass is 253 g/mol. The smallest absolute Gasteiger partial charge is 0.335 e. The average molecular weight is 253 g/mol. The topological polar surface area (TPSA) is 89.8 Å². The van der Waals surface area contributed by atoms with Crippen LogP contribution < -0.4 is 5.32 Å². The minimum absolute atomic E-state index is 0.168. The molecule has 0 aliphatic rings. The van der Waals surface area contributed by atoms with Crippen LogP contribution in [0.5, 0.6) is 0 Å². The maximum Gasteiger partial charge on any atom is 0.335 e. The molecular formula is C13H19NO4. The van der Waals surface area contributed by atoms with Gasteiger partial charge in [0.25, 0.3) is 0 Å². The van der Waals surface area contributed by atoms with Crippen LogP contribution in [0.15, 0.2) is 24.3 Å². The second kappa shape index (κ2) is 6.49. The second-order valence-electron chi connectivity index (χ2n) is 4.31. The highest BCUT2D eigenvalue weighted by atomic mass is 16.4. The van der Waals surface area contributed by atoms with Crippen molar-refractivity contribution >= 4 is 5.97 Å².